The van der Waals surface area contributed by atoms with Gasteiger partial charge in [0.15, 0.2) is 0 Å². The van der Waals surface area contributed by atoms with E-state index in [1.807, 2.05) is 0 Å². The van der Waals surface area contributed by atoms with E-state index in [9.17, 15) is 0 Å². The summed E-state index contributed by atoms with van der Waals surface area (Å²) in [7, 11) is 0. The zero-order valence-electron chi connectivity index (χ0n) is 12.9. The molecule has 108 valence electrons. The summed E-state index contributed by atoms with van der Waals surface area (Å²) in [5.41, 5.74) is 0. The van der Waals surface area contributed by atoms with Gasteiger partial charge in [-0.1, -0.05) is 34.1 Å². The first kappa shape index (κ1) is 15.9. The minimum atomic E-state index is 0.690. The fraction of sp³-hybridized carbons (Fsp3) is 1.00. The van der Waals surface area contributed by atoms with Crippen molar-refractivity contribution in [2.75, 3.05) is 39.3 Å². The molecule has 0 aromatic rings. The summed E-state index contributed by atoms with van der Waals surface area (Å²) in [6.07, 6.45) is 3.94. The van der Waals surface area contributed by atoms with Crippen LogP contribution in [0.25, 0.3) is 0 Å². The van der Waals surface area contributed by atoms with Crippen LogP contribution in [0, 0.1) is 0 Å². The molecular weight excluding hydrogens is 222 g/mol. The Kier molecular flexibility index (Phi) is 7.87. The molecule has 0 aliphatic carbocycles. The van der Waals surface area contributed by atoms with Crippen molar-refractivity contribution in [3.05, 3.63) is 0 Å². The summed E-state index contributed by atoms with van der Waals surface area (Å²) in [5, 5.41) is 3.63. The van der Waals surface area contributed by atoms with Gasteiger partial charge in [-0.05, 0) is 39.0 Å². The summed E-state index contributed by atoms with van der Waals surface area (Å²) < 4.78 is 0. The smallest absolute Gasteiger partial charge is 0.0235 e. The van der Waals surface area contributed by atoms with Crippen LogP contribution in [0.4, 0.5) is 0 Å². The number of nitrogens with one attached hydrogen (secondary N) is 1. The standard InChI is InChI=1S/C15H33N3/c1-5-9-14(16-6-2)12-17-11-10-15(13-17)18(7-3)8-4/h14-16H,5-13H2,1-4H3. The van der Waals surface area contributed by atoms with E-state index in [-0.39, 0.29) is 0 Å². The Morgan fingerprint density at radius 3 is 2.50 bits per heavy atom. The van der Waals surface area contributed by atoms with Gasteiger partial charge in [0.1, 0.15) is 0 Å². The Morgan fingerprint density at radius 2 is 1.94 bits per heavy atom. The van der Waals surface area contributed by atoms with Crippen LogP contribution < -0.4 is 5.32 Å². The van der Waals surface area contributed by atoms with Crippen molar-refractivity contribution in [3.63, 3.8) is 0 Å². The second-order valence-corrected chi connectivity index (χ2v) is 5.47. The number of likely N-dealkylation sites (N-methyl/N-ethyl adjacent to an activating group) is 2. The molecule has 1 aliphatic rings. The fourth-order valence-electron chi connectivity index (χ4n) is 3.22. The van der Waals surface area contributed by atoms with Crippen LogP contribution in [0.2, 0.25) is 0 Å². The highest BCUT2D eigenvalue weighted by molar-refractivity contribution is 4.85. The molecule has 2 atom stereocenters. The molecule has 18 heavy (non-hydrogen) atoms. The Hall–Kier alpha value is -0.120. The van der Waals surface area contributed by atoms with Crippen molar-refractivity contribution in [1.29, 1.82) is 0 Å². The number of hydrogen-bond donors (Lipinski definition) is 1. The van der Waals surface area contributed by atoms with Crippen LogP contribution in [-0.4, -0.2) is 61.2 Å². The number of nitrogens with zero attached hydrogens (tertiary/aromatic N) is 2. The molecule has 1 heterocycles. The van der Waals surface area contributed by atoms with Crippen LogP contribution in [0.15, 0.2) is 0 Å². The molecule has 0 amide bonds. The van der Waals surface area contributed by atoms with Gasteiger partial charge >= 0.3 is 0 Å². The normalized spacial score (nSPS) is 22.8. The van der Waals surface area contributed by atoms with Gasteiger partial charge < -0.3 is 10.2 Å². The van der Waals surface area contributed by atoms with Crippen LogP contribution in [0.1, 0.15) is 47.0 Å². The lowest BCUT2D eigenvalue weighted by Crippen LogP contribution is -2.42. The van der Waals surface area contributed by atoms with E-state index in [2.05, 4.69) is 42.8 Å². The van der Waals surface area contributed by atoms with Gasteiger partial charge in [0.05, 0.1) is 0 Å². The molecule has 1 N–H and O–H groups in total. The molecule has 2 unspecified atom stereocenters. The first-order chi connectivity index (χ1) is 8.74. The predicted molar refractivity (Wildman–Crippen MR) is 80.1 cm³/mol. The maximum absolute atomic E-state index is 3.63. The number of hydrogen-bond acceptors (Lipinski definition) is 3. The third kappa shape index (κ3) is 4.87. The molecule has 0 saturated carbocycles. The quantitative estimate of drug-likeness (QED) is 0.681. The predicted octanol–water partition coefficient (Wildman–Crippen LogP) is 2.18. The minimum Gasteiger partial charge on any atom is -0.313 e. The average Bonchev–Trinajstić information content (AvgIpc) is 2.80. The van der Waals surface area contributed by atoms with Gasteiger partial charge in [0.25, 0.3) is 0 Å². The van der Waals surface area contributed by atoms with E-state index in [1.54, 1.807) is 0 Å². The molecule has 0 aromatic carbocycles. The van der Waals surface area contributed by atoms with E-state index in [4.69, 9.17) is 0 Å². The number of rotatable bonds is 9. The van der Waals surface area contributed by atoms with Gasteiger partial charge in [-0.2, -0.15) is 0 Å². The molecule has 1 rings (SSSR count). The zero-order valence-corrected chi connectivity index (χ0v) is 12.9. The summed E-state index contributed by atoms with van der Waals surface area (Å²) in [6.45, 7) is 16.3. The van der Waals surface area contributed by atoms with Gasteiger partial charge in [-0.15, -0.1) is 0 Å². The highest BCUT2D eigenvalue weighted by Crippen LogP contribution is 2.16. The molecule has 1 aliphatic heterocycles. The van der Waals surface area contributed by atoms with E-state index >= 15 is 0 Å². The molecule has 3 heteroatoms. The van der Waals surface area contributed by atoms with Crippen LogP contribution in [0.3, 0.4) is 0 Å². The van der Waals surface area contributed by atoms with Crippen molar-refractivity contribution in [1.82, 2.24) is 15.1 Å². The first-order valence-corrected chi connectivity index (χ1v) is 7.94. The van der Waals surface area contributed by atoms with E-state index in [0.29, 0.717) is 6.04 Å². The van der Waals surface area contributed by atoms with Crippen molar-refractivity contribution in [2.45, 2.75) is 59.0 Å². The second-order valence-electron chi connectivity index (χ2n) is 5.47. The lowest BCUT2D eigenvalue weighted by molar-refractivity contribution is 0.204. The Bertz CT molecular complexity index is 198. The maximum atomic E-state index is 3.63. The van der Waals surface area contributed by atoms with Crippen molar-refractivity contribution < 1.29 is 0 Å². The van der Waals surface area contributed by atoms with Crippen LogP contribution in [0.5, 0.6) is 0 Å². The molecule has 0 aromatic heterocycles. The third-order valence-electron chi connectivity index (χ3n) is 4.18. The molecule has 1 saturated heterocycles. The summed E-state index contributed by atoms with van der Waals surface area (Å²) in [5.74, 6) is 0. The zero-order chi connectivity index (χ0) is 13.4. The second kappa shape index (κ2) is 8.89. The van der Waals surface area contributed by atoms with E-state index in [0.717, 1.165) is 12.6 Å². The monoisotopic (exact) mass is 255 g/mol. The van der Waals surface area contributed by atoms with E-state index in [1.165, 1.54) is 52.0 Å². The highest BCUT2D eigenvalue weighted by atomic mass is 15.3. The van der Waals surface area contributed by atoms with Crippen LogP contribution in [-0.2, 0) is 0 Å². The van der Waals surface area contributed by atoms with Gasteiger partial charge in [0.2, 0.25) is 0 Å². The third-order valence-corrected chi connectivity index (χ3v) is 4.18. The Balaban J connectivity index is 2.35. The van der Waals surface area contributed by atoms with Gasteiger partial charge in [-0.3, -0.25) is 4.90 Å². The molecule has 0 spiro atoms. The summed E-state index contributed by atoms with van der Waals surface area (Å²) in [6, 6.07) is 1.49. The fourth-order valence-corrected chi connectivity index (χ4v) is 3.22. The SMILES string of the molecule is CCCC(CN1CCC(N(CC)CC)C1)NCC. The summed E-state index contributed by atoms with van der Waals surface area (Å²) >= 11 is 0. The Morgan fingerprint density at radius 1 is 1.22 bits per heavy atom. The molecule has 1 fully saturated rings. The number of likely N-dealkylation sites (tertiary alicyclic amines) is 1. The maximum Gasteiger partial charge on any atom is 0.0235 e. The lowest BCUT2D eigenvalue weighted by atomic mass is 10.1. The Labute approximate surface area is 114 Å². The first-order valence-electron chi connectivity index (χ1n) is 7.94. The van der Waals surface area contributed by atoms with Crippen molar-refractivity contribution in [2.24, 2.45) is 0 Å². The summed E-state index contributed by atoms with van der Waals surface area (Å²) in [4.78, 5) is 5.27. The van der Waals surface area contributed by atoms with Gasteiger partial charge in [-0.25, -0.2) is 0 Å². The van der Waals surface area contributed by atoms with Gasteiger partial charge in [0, 0.05) is 25.2 Å². The molecule has 3 nitrogen and oxygen atoms in total. The van der Waals surface area contributed by atoms with Crippen molar-refractivity contribution >= 4 is 0 Å². The molecular formula is C15H33N3. The lowest BCUT2D eigenvalue weighted by Gasteiger charge is -2.28. The largest absolute Gasteiger partial charge is 0.313 e. The topological polar surface area (TPSA) is 18.5 Å². The minimum absolute atomic E-state index is 0.690. The van der Waals surface area contributed by atoms with Crippen molar-refractivity contribution in [3.8, 4) is 0 Å². The van der Waals surface area contributed by atoms with E-state index < -0.39 is 0 Å². The molecule has 0 radical (unpaired) electrons. The highest BCUT2D eigenvalue weighted by Gasteiger charge is 2.27. The average molecular weight is 255 g/mol. The molecule has 0 bridgehead atoms. The van der Waals surface area contributed by atoms with Crippen LogP contribution >= 0.6 is 0 Å².